The van der Waals surface area contributed by atoms with Crippen molar-refractivity contribution in [3.05, 3.63) is 35.5 Å². The predicted molar refractivity (Wildman–Crippen MR) is 134 cm³/mol. The number of fused-ring (bicyclic) bond motifs is 1. The summed E-state index contributed by atoms with van der Waals surface area (Å²) in [7, 11) is 1.57. The first-order chi connectivity index (χ1) is 17.5. The van der Waals surface area contributed by atoms with Gasteiger partial charge in [-0.15, -0.1) is 0 Å². The van der Waals surface area contributed by atoms with Crippen LogP contribution in [0.5, 0.6) is 6.01 Å². The average molecular weight is 497 g/mol. The summed E-state index contributed by atoms with van der Waals surface area (Å²) in [5.74, 6) is 1.26. The molecule has 0 radical (unpaired) electrons. The second kappa shape index (κ2) is 9.57. The Morgan fingerprint density at radius 1 is 1.08 bits per heavy atom. The van der Waals surface area contributed by atoms with Gasteiger partial charge in [-0.05, 0) is 50.1 Å². The molecular formula is C26H33FN6O3. The summed E-state index contributed by atoms with van der Waals surface area (Å²) in [6.07, 6.45) is 1.83. The molecule has 10 heteroatoms. The lowest BCUT2D eigenvalue weighted by Gasteiger charge is -2.43. The molecule has 0 bridgehead atoms. The highest BCUT2D eigenvalue weighted by molar-refractivity contribution is 5.82. The van der Waals surface area contributed by atoms with Gasteiger partial charge >= 0.3 is 6.01 Å². The van der Waals surface area contributed by atoms with E-state index in [1.54, 1.807) is 7.11 Å². The molecule has 9 nitrogen and oxygen atoms in total. The van der Waals surface area contributed by atoms with E-state index in [1.165, 1.54) is 0 Å². The second-order valence-electron chi connectivity index (χ2n) is 10.1. The summed E-state index contributed by atoms with van der Waals surface area (Å²) in [6, 6.07) is 6.79. The zero-order chi connectivity index (χ0) is 24.8. The maximum Gasteiger partial charge on any atom is 0.320 e. The van der Waals surface area contributed by atoms with Gasteiger partial charge < -0.3 is 19.1 Å². The molecule has 1 aromatic carbocycles. The molecule has 0 spiro atoms. The minimum Gasteiger partial charge on any atom is -0.467 e. The number of ether oxygens (including phenoxy) is 3. The minimum atomic E-state index is -0.916. The van der Waals surface area contributed by atoms with Crippen molar-refractivity contribution in [3.63, 3.8) is 0 Å². The summed E-state index contributed by atoms with van der Waals surface area (Å²) in [5.41, 5.74) is 3.04. The predicted octanol–water partition coefficient (Wildman–Crippen LogP) is 2.88. The zero-order valence-electron chi connectivity index (χ0n) is 21.1. The van der Waals surface area contributed by atoms with Crippen molar-refractivity contribution < 1.29 is 18.6 Å². The van der Waals surface area contributed by atoms with Crippen LogP contribution in [0.4, 0.5) is 10.2 Å². The molecule has 6 rings (SSSR count). The van der Waals surface area contributed by atoms with Gasteiger partial charge in [0.1, 0.15) is 12.0 Å². The lowest BCUT2D eigenvalue weighted by atomic mass is 9.84. The fraction of sp³-hybridized carbons (Fsp3) is 0.577. The Balaban J connectivity index is 1.34. The lowest BCUT2D eigenvalue weighted by Crippen LogP contribution is -2.54. The molecule has 2 aromatic heterocycles. The fourth-order valence-electron chi connectivity index (χ4n) is 5.62. The number of aryl methyl sites for hydroxylation is 1. The molecule has 3 fully saturated rings. The summed E-state index contributed by atoms with van der Waals surface area (Å²) >= 11 is 0. The van der Waals surface area contributed by atoms with Gasteiger partial charge in [-0.1, -0.05) is 0 Å². The van der Waals surface area contributed by atoms with Crippen LogP contribution < -0.4 is 9.64 Å². The summed E-state index contributed by atoms with van der Waals surface area (Å²) < 4.78 is 33.7. The van der Waals surface area contributed by atoms with Crippen molar-refractivity contribution in [2.45, 2.75) is 44.5 Å². The van der Waals surface area contributed by atoms with Crippen molar-refractivity contribution in [1.29, 1.82) is 0 Å². The number of halogens is 1. The summed E-state index contributed by atoms with van der Waals surface area (Å²) in [4.78, 5) is 13.6. The van der Waals surface area contributed by atoms with Crippen LogP contribution in [0.1, 0.15) is 30.4 Å². The van der Waals surface area contributed by atoms with E-state index < -0.39 is 6.17 Å². The third-order valence-corrected chi connectivity index (χ3v) is 7.71. The number of piperidine rings is 1. The van der Waals surface area contributed by atoms with Gasteiger partial charge in [-0.3, -0.25) is 4.90 Å². The topological polar surface area (TPSA) is 77.8 Å². The van der Waals surface area contributed by atoms with E-state index in [0.717, 1.165) is 67.1 Å². The number of anilines is 1. The molecule has 192 valence electrons. The molecule has 3 saturated heterocycles. The van der Waals surface area contributed by atoms with E-state index in [1.807, 2.05) is 16.9 Å². The van der Waals surface area contributed by atoms with Gasteiger partial charge in [0.05, 0.1) is 50.8 Å². The minimum absolute atomic E-state index is 0.121. The molecular weight excluding hydrogens is 463 g/mol. The normalized spacial score (nSPS) is 25.8. The lowest BCUT2D eigenvalue weighted by molar-refractivity contribution is -0.0807. The molecule has 3 aliphatic rings. The second-order valence-corrected chi connectivity index (χ2v) is 10.1. The van der Waals surface area contributed by atoms with E-state index >= 15 is 4.39 Å². The average Bonchev–Trinajstić information content (AvgIpc) is 3.25. The monoisotopic (exact) mass is 496 g/mol. The highest BCUT2D eigenvalue weighted by atomic mass is 19.1. The highest BCUT2D eigenvalue weighted by Crippen LogP contribution is 2.36. The molecule has 5 heterocycles. The summed E-state index contributed by atoms with van der Waals surface area (Å²) in [5, 5.41) is 5.65. The number of morpholine rings is 1. The maximum atomic E-state index is 15.5. The SMILES string of the molecule is COc1nc(N2CCOC(C)C2)cc(-n2ncc3cc(C)c([C@@H]4CCN(C5COC5)C[C@@H]4F)cc32)n1. The Hall–Kier alpha value is -2.82. The largest absolute Gasteiger partial charge is 0.467 e. The molecule has 36 heavy (non-hydrogen) atoms. The number of benzene rings is 1. The van der Waals surface area contributed by atoms with Crippen molar-refractivity contribution >= 4 is 16.7 Å². The van der Waals surface area contributed by atoms with E-state index in [0.29, 0.717) is 25.0 Å². The highest BCUT2D eigenvalue weighted by Gasteiger charge is 2.36. The standard InChI is InChI=1S/C26H33FN6O3/c1-16-8-18-11-28-33(25-10-24(29-26(30-25)34-3)32-6-7-36-17(2)12-32)23(18)9-21(16)20-4-5-31(13-22(20)27)19-14-35-15-19/h8-11,17,19-20,22H,4-7,12-15H2,1-3H3/t17?,20-,22-/m0/s1. The van der Waals surface area contributed by atoms with Crippen molar-refractivity contribution in [3.8, 4) is 11.8 Å². The first-order valence-corrected chi connectivity index (χ1v) is 12.7. The number of methoxy groups -OCH3 is 1. The van der Waals surface area contributed by atoms with Gasteiger partial charge in [0, 0.05) is 37.0 Å². The Kier molecular flexibility index (Phi) is 6.27. The van der Waals surface area contributed by atoms with Gasteiger partial charge in [-0.25, -0.2) is 9.07 Å². The molecule has 0 aliphatic carbocycles. The number of aromatic nitrogens is 4. The molecule has 0 saturated carbocycles. The van der Waals surface area contributed by atoms with E-state index in [9.17, 15) is 0 Å². The van der Waals surface area contributed by atoms with Gasteiger partial charge in [0.2, 0.25) is 0 Å². The van der Waals surface area contributed by atoms with Crippen molar-refractivity contribution in [2.75, 3.05) is 58.0 Å². The first kappa shape index (κ1) is 23.6. The quantitative estimate of drug-likeness (QED) is 0.534. The van der Waals surface area contributed by atoms with E-state index in [-0.39, 0.29) is 18.0 Å². The van der Waals surface area contributed by atoms with Crippen molar-refractivity contribution in [2.24, 2.45) is 0 Å². The Labute approximate surface area is 210 Å². The van der Waals surface area contributed by atoms with Crippen LogP contribution in [0.25, 0.3) is 16.7 Å². The number of likely N-dealkylation sites (tertiary alicyclic amines) is 1. The van der Waals surface area contributed by atoms with E-state index in [2.05, 4.69) is 50.8 Å². The molecule has 0 amide bonds. The summed E-state index contributed by atoms with van der Waals surface area (Å²) in [6.45, 7) is 9.04. The van der Waals surface area contributed by atoms with Crippen LogP contribution in [0.3, 0.4) is 0 Å². The molecule has 3 aliphatic heterocycles. The van der Waals surface area contributed by atoms with Crippen LogP contribution in [-0.2, 0) is 9.47 Å². The first-order valence-electron chi connectivity index (χ1n) is 12.7. The molecule has 1 unspecified atom stereocenters. The number of nitrogens with zero attached hydrogens (tertiary/aromatic N) is 6. The molecule has 3 aromatic rings. The zero-order valence-corrected chi connectivity index (χ0v) is 21.1. The molecule has 0 N–H and O–H groups in total. The number of alkyl halides is 1. The van der Waals surface area contributed by atoms with Gasteiger partial charge in [0.25, 0.3) is 0 Å². The maximum absolute atomic E-state index is 15.5. The Morgan fingerprint density at radius 2 is 1.92 bits per heavy atom. The fourth-order valence-corrected chi connectivity index (χ4v) is 5.62. The Bertz CT molecular complexity index is 1250. The van der Waals surface area contributed by atoms with Crippen LogP contribution in [-0.4, -0.2) is 96.1 Å². The third kappa shape index (κ3) is 4.31. The van der Waals surface area contributed by atoms with Crippen LogP contribution in [0.15, 0.2) is 24.4 Å². The van der Waals surface area contributed by atoms with Crippen molar-refractivity contribution in [1.82, 2.24) is 24.6 Å². The third-order valence-electron chi connectivity index (χ3n) is 7.71. The smallest absolute Gasteiger partial charge is 0.320 e. The van der Waals surface area contributed by atoms with E-state index in [4.69, 9.17) is 14.2 Å². The number of hydrogen-bond donors (Lipinski definition) is 0. The van der Waals surface area contributed by atoms with Gasteiger partial charge in [0.15, 0.2) is 5.82 Å². The number of hydrogen-bond acceptors (Lipinski definition) is 8. The Morgan fingerprint density at radius 3 is 2.64 bits per heavy atom. The van der Waals surface area contributed by atoms with Crippen LogP contribution >= 0.6 is 0 Å². The number of rotatable bonds is 5. The van der Waals surface area contributed by atoms with Crippen LogP contribution in [0, 0.1) is 6.92 Å². The van der Waals surface area contributed by atoms with Crippen LogP contribution in [0.2, 0.25) is 0 Å². The van der Waals surface area contributed by atoms with Gasteiger partial charge in [-0.2, -0.15) is 15.1 Å². The molecule has 3 atom stereocenters.